The summed E-state index contributed by atoms with van der Waals surface area (Å²) in [5, 5.41) is 3.86. The van der Waals surface area contributed by atoms with Gasteiger partial charge in [-0.25, -0.2) is 0 Å². The Kier molecular flexibility index (Phi) is 5.78. The summed E-state index contributed by atoms with van der Waals surface area (Å²) in [6.07, 6.45) is 5.99. The lowest BCUT2D eigenvalue weighted by atomic mass is 10.0. The van der Waals surface area contributed by atoms with E-state index in [1.54, 1.807) is 0 Å². The number of hydrogen-bond acceptors (Lipinski definition) is 1. The zero-order valence-electron chi connectivity index (χ0n) is 11.7. The molecule has 1 nitrogen and oxygen atoms in total. The first-order chi connectivity index (χ1) is 9.85. The van der Waals surface area contributed by atoms with Gasteiger partial charge < -0.3 is 4.43 Å². The Morgan fingerprint density at radius 2 is 1.80 bits per heavy atom. The summed E-state index contributed by atoms with van der Waals surface area (Å²) in [7, 11) is 0.411. The van der Waals surface area contributed by atoms with Gasteiger partial charge in [0.05, 0.1) is 0 Å². The number of fused-ring (bicyclic) bond motifs is 1. The monoisotopic (exact) mass is 280 g/mol. The van der Waals surface area contributed by atoms with E-state index in [1.807, 2.05) is 12.2 Å². The maximum Gasteiger partial charge on any atom is 0.269 e. The largest absolute Gasteiger partial charge is 0.411 e. The first-order valence-corrected chi connectivity index (χ1v) is 7.86. The van der Waals surface area contributed by atoms with E-state index < -0.39 is 0 Å². The van der Waals surface area contributed by atoms with Crippen LogP contribution in [0.2, 0.25) is 0 Å². The molecule has 2 aromatic carbocycles. The second-order valence-electron chi connectivity index (χ2n) is 4.75. The van der Waals surface area contributed by atoms with Crippen molar-refractivity contribution in [2.45, 2.75) is 12.8 Å². The summed E-state index contributed by atoms with van der Waals surface area (Å²) < 4.78 is 5.83. The molecule has 0 N–H and O–H groups in total. The van der Waals surface area contributed by atoms with E-state index >= 15 is 0 Å². The smallest absolute Gasteiger partial charge is 0.269 e. The summed E-state index contributed by atoms with van der Waals surface area (Å²) in [6, 6.07) is 14.8. The first kappa shape index (κ1) is 14.8. The van der Waals surface area contributed by atoms with Crippen molar-refractivity contribution in [2.75, 3.05) is 6.61 Å². The van der Waals surface area contributed by atoms with Crippen LogP contribution in [-0.4, -0.2) is 16.4 Å². The summed E-state index contributed by atoms with van der Waals surface area (Å²) >= 11 is 0. The minimum Gasteiger partial charge on any atom is -0.411 e. The van der Waals surface area contributed by atoms with Crippen LogP contribution in [-0.2, 0) is 4.43 Å². The maximum atomic E-state index is 5.83. The third-order valence-electron chi connectivity index (χ3n) is 3.36. The fraction of sp³-hybridized carbons (Fsp3) is 0.222. The van der Waals surface area contributed by atoms with Crippen LogP contribution < -0.4 is 5.19 Å². The lowest BCUT2D eigenvalue weighted by molar-refractivity contribution is 0.324. The topological polar surface area (TPSA) is 9.23 Å². The molecule has 0 aliphatic carbocycles. The van der Waals surface area contributed by atoms with Crippen molar-refractivity contribution in [1.82, 2.24) is 0 Å². The van der Waals surface area contributed by atoms with E-state index in [-0.39, 0.29) is 0 Å². The Morgan fingerprint density at radius 1 is 1.05 bits per heavy atom. The predicted octanol–water partition coefficient (Wildman–Crippen LogP) is 3.87. The minimum atomic E-state index is 0.402. The highest BCUT2D eigenvalue weighted by molar-refractivity contribution is 6.51. The maximum absolute atomic E-state index is 5.83. The average Bonchev–Trinajstić information content (AvgIpc) is 2.51. The van der Waals surface area contributed by atoms with Gasteiger partial charge in [0.2, 0.25) is 0 Å². The molecule has 0 aliphatic heterocycles. The third-order valence-corrected chi connectivity index (χ3v) is 4.37. The van der Waals surface area contributed by atoms with Gasteiger partial charge in [0, 0.05) is 6.61 Å². The molecule has 20 heavy (non-hydrogen) atoms. The molecule has 0 fully saturated rings. The van der Waals surface area contributed by atoms with E-state index in [0.717, 1.165) is 19.4 Å². The van der Waals surface area contributed by atoms with Crippen LogP contribution in [0.4, 0.5) is 0 Å². The Hall–Kier alpha value is -1.64. The summed E-state index contributed by atoms with van der Waals surface area (Å²) in [4.78, 5) is 0. The Bertz CT molecular complexity index is 563. The first-order valence-electron chi connectivity index (χ1n) is 6.96. The van der Waals surface area contributed by atoms with E-state index in [9.17, 15) is 0 Å². The highest BCUT2D eigenvalue weighted by atomic mass is 28.2. The molecule has 2 aromatic rings. The molecular weight excluding hydrogens is 260 g/mol. The second-order valence-corrected chi connectivity index (χ2v) is 5.79. The highest BCUT2D eigenvalue weighted by Gasteiger charge is 2.03. The van der Waals surface area contributed by atoms with Crippen molar-refractivity contribution >= 4 is 25.7 Å². The molecule has 0 bridgehead atoms. The molecule has 0 unspecified atom stereocenters. The summed E-state index contributed by atoms with van der Waals surface area (Å²) in [6.45, 7) is 8.40. The third kappa shape index (κ3) is 3.92. The van der Waals surface area contributed by atoms with Gasteiger partial charge in [-0.2, -0.15) is 0 Å². The SMILES string of the molecule is C=CC(C=C)CCCO[Si]c1cccc2ccccc12. The molecule has 0 amide bonds. The quantitative estimate of drug-likeness (QED) is 0.405. The van der Waals surface area contributed by atoms with E-state index in [1.165, 1.54) is 16.0 Å². The van der Waals surface area contributed by atoms with Gasteiger partial charge in [-0.1, -0.05) is 54.6 Å². The van der Waals surface area contributed by atoms with Crippen LogP contribution >= 0.6 is 0 Å². The van der Waals surface area contributed by atoms with Gasteiger partial charge >= 0.3 is 0 Å². The predicted molar refractivity (Wildman–Crippen MR) is 88.4 cm³/mol. The van der Waals surface area contributed by atoms with Crippen molar-refractivity contribution in [3.63, 3.8) is 0 Å². The van der Waals surface area contributed by atoms with Crippen molar-refractivity contribution in [3.8, 4) is 0 Å². The van der Waals surface area contributed by atoms with E-state index in [4.69, 9.17) is 4.43 Å². The van der Waals surface area contributed by atoms with Crippen molar-refractivity contribution < 1.29 is 4.43 Å². The van der Waals surface area contributed by atoms with Crippen LogP contribution in [0.5, 0.6) is 0 Å². The molecule has 2 radical (unpaired) electrons. The van der Waals surface area contributed by atoms with Gasteiger partial charge in [0.1, 0.15) is 0 Å². The standard InChI is InChI=1S/C18H20OSi/c1-3-15(4-2)9-8-14-19-20-18-13-7-11-16-10-5-6-12-17(16)18/h3-7,10-13,15H,1-2,8-9,14H2. The van der Waals surface area contributed by atoms with E-state index in [0.29, 0.717) is 15.7 Å². The van der Waals surface area contributed by atoms with Gasteiger partial charge in [-0.15, -0.1) is 13.2 Å². The Labute approximate surface area is 123 Å². The van der Waals surface area contributed by atoms with Crippen molar-refractivity contribution in [2.24, 2.45) is 5.92 Å². The molecule has 0 saturated heterocycles. The van der Waals surface area contributed by atoms with Crippen LogP contribution in [0.15, 0.2) is 67.8 Å². The zero-order valence-corrected chi connectivity index (χ0v) is 12.7. The lowest BCUT2D eigenvalue weighted by Gasteiger charge is -2.08. The number of benzene rings is 2. The zero-order chi connectivity index (χ0) is 14.2. The summed E-state index contributed by atoms with van der Waals surface area (Å²) in [5.74, 6) is 0.402. The molecule has 0 atom stereocenters. The molecule has 0 aliphatic rings. The molecule has 2 rings (SSSR count). The van der Waals surface area contributed by atoms with Crippen LogP contribution in [0.25, 0.3) is 10.8 Å². The normalized spacial score (nSPS) is 10.8. The fourth-order valence-electron chi connectivity index (χ4n) is 2.17. The average molecular weight is 280 g/mol. The van der Waals surface area contributed by atoms with Gasteiger partial charge in [-0.05, 0) is 34.7 Å². The number of rotatable bonds is 8. The van der Waals surface area contributed by atoms with Crippen LogP contribution in [0.3, 0.4) is 0 Å². The molecule has 0 spiro atoms. The Balaban J connectivity index is 1.84. The Morgan fingerprint density at radius 3 is 2.60 bits per heavy atom. The molecule has 0 aromatic heterocycles. The van der Waals surface area contributed by atoms with Crippen LogP contribution in [0.1, 0.15) is 12.8 Å². The second kappa shape index (κ2) is 7.83. The lowest BCUT2D eigenvalue weighted by Crippen LogP contribution is -2.19. The highest BCUT2D eigenvalue weighted by Crippen LogP contribution is 2.11. The molecule has 2 heteroatoms. The minimum absolute atomic E-state index is 0.402. The molecule has 0 saturated carbocycles. The van der Waals surface area contributed by atoms with Crippen LogP contribution in [0, 0.1) is 5.92 Å². The van der Waals surface area contributed by atoms with Crippen molar-refractivity contribution in [1.29, 1.82) is 0 Å². The fourth-order valence-corrected chi connectivity index (χ4v) is 3.07. The number of allylic oxidation sites excluding steroid dienone is 2. The van der Waals surface area contributed by atoms with Crippen molar-refractivity contribution in [3.05, 3.63) is 67.8 Å². The number of hydrogen-bond donors (Lipinski definition) is 0. The molecule has 102 valence electrons. The van der Waals surface area contributed by atoms with Gasteiger partial charge in [-0.3, -0.25) is 0 Å². The summed E-state index contributed by atoms with van der Waals surface area (Å²) in [5.41, 5.74) is 0. The molecular formula is C18H20OSi. The van der Waals surface area contributed by atoms with Gasteiger partial charge in [0.25, 0.3) is 9.76 Å². The molecule has 0 heterocycles. The van der Waals surface area contributed by atoms with E-state index in [2.05, 4.69) is 55.6 Å². The van der Waals surface area contributed by atoms with Gasteiger partial charge in [0.15, 0.2) is 0 Å².